The molecule has 1 heterocycles. The maximum Gasteiger partial charge on any atom is 0.187 e. The van der Waals surface area contributed by atoms with Gasteiger partial charge in [-0.3, -0.25) is 0 Å². The van der Waals surface area contributed by atoms with Crippen molar-refractivity contribution in [1.29, 1.82) is 0 Å². The molecule has 3 nitrogen and oxygen atoms in total. The van der Waals surface area contributed by atoms with E-state index in [-0.39, 0.29) is 6.61 Å². The van der Waals surface area contributed by atoms with E-state index in [0.29, 0.717) is 0 Å². The molecule has 0 amide bonds. The SMILES string of the molecule is OCCCSc1ncccn1. The maximum absolute atomic E-state index is 8.49. The van der Waals surface area contributed by atoms with Crippen LogP contribution in [-0.2, 0) is 0 Å². The van der Waals surface area contributed by atoms with E-state index in [0.717, 1.165) is 17.3 Å². The van der Waals surface area contributed by atoms with Gasteiger partial charge in [0, 0.05) is 24.8 Å². The van der Waals surface area contributed by atoms with Crippen molar-refractivity contribution in [3.63, 3.8) is 0 Å². The molecular weight excluding hydrogens is 160 g/mol. The Morgan fingerprint density at radius 1 is 1.36 bits per heavy atom. The first kappa shape index (κ1) is 8.49. The van der Waals surface area contributed by atoms with Crippen molar-refractivity contribution in [2.24, 2.45) is 0 Å². The van der Waals surface area contributed by atoms with E-state index in [9.17, 15) is 0 Å². The fourth-order valence-corrected chi connectivity index (χ4v) is 1.31. The lowest BCUT2D eigenvalue weighted by atomic mass is 10.5. The Hall–Kier alpha value is -0.610. The first-order chi connectivity index (χ1) is 5.43. The van der Waals surface area contributed by atoms with Gasteiger partial charge in [-0.2, -0.15) is 0 Å². The molecule has 0 unspecified atom stereocenters. The highest BCUT2D eigenvalue weighted by Crippen LogP contribution is 2.11. The van der Waals surface area contributed by atoms with Gasteiger partial charge in [0.1, 0.15) is 0 Å². The van der Waals surface area contributed by atoms with Gasteiger partial charge in [-0.05, 0) is 12.5 Å². The summed E-state index contributed by atoms with van der Waals surface area (Å²) in [7, 11) is 0. The third-order valence-electron chi connectivity index (χ3n) is 1.08. The van der Waals surface area contributed by atoms with Gasteiger partial charge in [0.05, 0.1) is 0 Å². The molecule has 0 fully saturated rings. The second-order valence-corrected chi connectivity index (χ2v) is 3.02. The van der Waals surface area contributed by atoms with Crippen LogP contribution in [0.25, 0.3) is 0 Å². The van der Waals surface area contributed by atoms with Crippen LogP contribution >= 0.6 is 11.8 Å². The number of hydrogen-bond acceptors (Lipinski definition) is 4. The molecule has 1 rings (SSSR count). The fraction of sp³-hybridized carbons (Fsp3) is 0.429. The van der Waals surface area contributed by atoms with Crippen LogP contribution in [0.3, 0.4) is 0 Å². The zero-order valence-corrected chi connectivity index (χ0v) is 6.92. The van der Waals surface area contributed by atoms with Crippen LogP contribution in [0, 0.1) is 0 Å². The van der Waals surface area contributed by atoms with E-state index >= 15 is 0 Å². The summed E-state index contributed by atoms with van der Waals surface area (Å²) in [5.41, 5.74) is 0. The molecule has 4 heteroatoms. The lowest BCUT2D eigenvalue weighted by Gasteiger charge is -1.95. The van der Waals surface area contributed by atoms with Crippen LogP contribution < -0.4 is 0 Å². The Balaban J connectivity index is 2.28. The molecule has 60 valence electrons. The van der Waals surface area contributed by atoms with Crippen molar-refractivity contribution < 1.29 is 5.11 Å². The van der Waals surface area contributed by atoms with Crippen LogP contribution in [0.2, 0.25) is 0 Å². The summed E-state index contributed by atoms with van der Waals surface area (Å²) in [6.07, 6.45) is 4.23. The van der Waals surface area contributed by atoms with Gasteiger partial charge in [-0.15, -0.1) is 0 Å². The monoisotopic (exact) mass is 170 g/mol. The number of aliphatic hydroxyl groups excluding tert-OH is 1. The second-order valence-electron chi connectivity index (χ2n) is 1.96. The van der Waals surface area contributed by atoms with E-state index in [1.54, 1.807) is 30.2 Å². The van der Waals surface area contributed by atoms with Crippen molar-refractivity contribution in [3.05, 3.63) is 18.5 Å². The third kappa shape index (κ3) is 3.34. The molecular formula is C7H10N2OS. The quantitative estimate of drug-likeness (QED) is 0.415. The average molecular weight is 170 g/mol. The minimum absolute atomic E-state index is 0.236. The van der Waals surface area contributed by atoms with Gasteiger partial charge in [0.15, 0.2) is 5.16 Å². The largest absolute Gasteiger partial charge is 0.396 e. The van der Waals surface area contributed by atoms with Crippen LogP contribution in [0.15, 0.2) is 23.6 Å². The molecule has 1 aromatic rings. The first-order valence-electron chi connectivity index (χ1n) is 3.44. The second kappa shape index (κ2) is 5.09. The van der Waals surface area contributed by atoms with Gasteiger partial charge in [-0.25, -0.2) is 9.97 Å². The lowest BCUT2D eigenvalue weighted by molar-refractivity contribution is 0.296. The van der Waals surface area contributed by atoms with E-state index in [1.165, 1.54) is 0 Å². The summed E-state index contributed by atoms with van der Waals surface area (Å²) in [4.78, 5) is 8.04. The summed E-state index contributed by atoms with van der Waals surface area (Å²) in [6, 6.07) is 1.79. The molecule has 0 radical (unpaired) electrons. The topological polar surface area (TPSA) is 46.0 Å². The van der Waals surface area contributed by atoms with Crippen molar-refractivity contribution in [2.45, 2.75) is 11.6 Å². The number of aliphatic hydroxyl groups is 1. The fourth-order valence-electron chi connectivity index (χ4n) is 0.588. The number of nitrogens with zero attached hydrogens (tertiary/aromatic N) is 2. The Labute approximate surface area is 69.9 Å². The number of rotatable bonds is 4. The van der Waals surface area contributed by atoms with E-state index < -0.39 is 0 Å². The predicted octanol–water partition coefficient (Wildman–Crippen LogP) is 0.951. The summed E-state index contributed by atoms with van der Waals surface area (Å²) >= 11 is 1.56. The van der Waals surface area contributed by atoms with Crippen LogP contribution in [0.4, 0.5) is 0 Å². The van der Waals surface area contributed by atoms with Crippen LogP contribution in [0.5, 0.6) is 0 Å². The maximum atomic E-state index is 8.49. The molecule has 0 aliphatic carbocycles. The Morgan fingerprint density at radius 3 is 2.73 bits per heavy atom. The highest BCUT2D eigenvalue weighted by molar-refractivity contribution is 7.99. The van der Waals surface area contributed by atoms with Crippen molar-refractivity contribution in [3.8, 4) is 0 Å². The zero-order valence-electron chi connectivity index (χ0n) is 6.10. The highest BCUT2D eigenvalue weighted by atomic mass is 32.2. The third-order valence-corrected chi connectivity index (χ3v) is 2.04. The molecule has 0 aromatic carbocycles. The molecule has 0 aliphatic heterocycles. The highest BCUT2D eigenvalue weighted by Gasteiger charge is 1.93. The van der Waals surface area contributed by atoms with Gasteiger partial charge < -0.3 is 5.11 Å². The number of thioether (sulfide) groups is 1. The van der Waals surface area contributed by atoms with E-state index in [2.05, 4.69) is 9.97 Å². The molecule has 0 spiro atoms. The zero-order chi connectivity index (χ0) is 7.94. The first-order valence-corrected chi connectivity index (χ1v) is 4.42. The molecule has 0 atom stereocenters. The lowest BCUT2D eigenvalue weighted by Crippen LogP contribution is -1.88. The Morgan fingerprint density at radius 2 is 2.09 bits per heavy atom. The number of hydrogen-bond donors (Lipinski definition) is 1. The van der Waals surface area contributed by atoms with Gasteiger partial charge >= 0.3 is 0 Å². The molecule has 0 bridgehead atoms. The molecule has 0 saturated carbocycles. The molecule has 0 saturated heterocycles. The minimum atomic E-state index is 0.236. The average Bonchev–Trinajstić information content (AvgIpc) is 2.07. The summed E-state index contributed by atoms with van der Waals surface area (Å²) < 4.78 is 0. The molecule has 0 aliphatic rings. The van der Waals surface area contributed by atoms with Crippen LogP contribution in [-0.4, -0.2) is 27.4 Å². The van der Waals surface area contributed by atoms with Crippen molar-refractivity contribution >= 4 is 11.8 Å². The molecule has 11 heavy (non-hydrogen) atoms. The van der Waals surface area contributed by atoms with E-state index in [4.69, 9.17) is 5.11 Å². The standard InChI is InChI=1S/C7H10N2OS/c10-5-2-6-11-7-8-3-1-4-9-7/h1,3-4,10H,2,5-6H2. The van der Waals surface area contributed by atoms with Gasteiger partial charge in [-0.1, -0.05) is 11.8 Å². The van der Waals surface area contributed by atoms with Gasteiger partial charge in [0.25, 0.3) is 0 Å². The summed E-state index contributed by atoms with van der Waals surface area (Å²) in [5, 5.41) is 9.27. The normalized spacial score (nSPS) is 9.91. The van der Waals surface area contributed by atoms with Crippen molar-refractivity contribution in [2.75, 3.05) is 12.4 Å². The Kier molecular flexibility index (Phi) is 3.93. The molecule has 1 aromatic heterocycles. The minimum Gasteiger partial charge on any atom is -0.396 e. The Bertz CT molecular complexity index is 193. The van der Waals surface area contributed by atoms with Crippen LogP contribution in [0.1, 0.15) is 6.42 Å². The smallest absolute Gasteiger partial charge is 0.187 e. The summed E-state index contributed by atoms with van der Waals surface area (Å²) in [6.45, 7) is 0.236. The van der Waals surface area contributed by atoms with Gasteiger partial charge in [0.2, 0.25) is 0 Å². The summed E-state index contributed by atoms with van der Waals surface area (Å²) in [5.74, 6) is 0.876. The van der Waals surface area contributed by atoms with Crippen molar-refractivity contribution in [1.82, 2.24) is 9.97 Å². The number of aromatic nitrogens is 2. The predicted molar refractivity (Wildman–Crippen MR) is 44.5 cm³/mol. The molecule has 1 N–H and O–H groups in total. The van der Waals surface area contributed by atoms with E-state index in [1.807, 2.05) is 0 Å².